The van der Waals surface area contributed by atoms with Crippen LogP contribution in [0.4, 0.5) is 0 Å². The summed E-state index contributed by atoms with van der Waals surface area (Å²) in [5.74, 6) is -0.527. The molecule has 1 aliphatic rings. The number of carbonyl (C=O) groups is 2. The summed E-state index contributed by atoms with van der Waals surface area (Å²) in [7, 11) is 0. The van der Waals surface area contributed by atoms with Crippen LogP contribution in [0.1, 0.15) is 60.5 Å². The molecular weight excluding hydrogens is 304 g/mol. The van der Waals surface area contributed by atoms with Crippen molar-refractivity contribution in [2.45, 2.75) is 39.5 Å². The van der Waals surface area contributed by atoms with E-state index < -0.39 is 0 Å². The molecule has 2 rings (SSSR count). The average Bonchev–Trinajstić information content (AvgIpc) is 2.61. The van der Waals surface area contributed by atoms with Crippen molar-refractivity contribution in [3.8, 4) is 0 Å². The van der Waals surface area contributed by atoms with Crippen molar-refractivity contribution >= 4 is 11.6 Å². The largest absolute Gasteiger partial charge is 0.380 e. The molecule has 6 heteroatoms. The molecule has 1 aromatic rings. The van der Waals surface area contributed by atoms with Crippen LogP contribution in [0.15, 0.2) is 24.2 Å². The van der Waals surface area contributed by atoms with Gasteiger partial charge in [-0.2, -0.15) is 0 Å². The number of hydrogen-bond acceptors (Lipinski definition) is 6. The number of nitrogens with zero attached hydrogens (tertiary/aromatic N) is 3. The topological polar surface area (TPSA) is 75.2 Å². The van der Waals surface area contributed by atoms with Crippen LogP contribution in [-0.4, -0.2) is 52.6 Å². The third-order valence-electron chi connectivity index (χ3n) is 4.07. The highest BCUT2D eigenvalue weighted by Gasteiger charge is 2.27. The Morgan fingerprint density at radius 1 is 0.958 bits per heavy atom. The van der Waals surface area contributed by atoms with Gasteiger partial charge in [0, 0.05) is 31.6 Å². The van der Waals surface area contributed by atoms with Crippen molar-refractivity contribution in [2.24, 2.45) is 0 Å². The number of aromatic nitrogens is 2. The van der Waals surface area contributed by atoms with E-state index in [0.29, 0.717) is 12.2 Å². The first kappa shape index (κ1) is 18.3. The molecule has 0 aromatic carbocycles. The molecule has 130 valence electrons. The van der Waals surface area contributed by atoms with Gasteiger partial charge in [0.25, 0.3) is 0 Å². The molecule has 0 saturated heterocycles. The summed E-state index contributed by atoms with van der Waals surface area (Å²) in [5, 5.41) is 3.11. The van der Waals surface area contributed by atoms with Gasteiger partial charge in [0.2, 0.25) is 11.6 Å². The summed E-state index contributed by atoms with van der Waals surface area (Å²) in [6.45, 7) is 7.99. The van der Waals surface area contributed by atoms with Crippen molar-refractivity contribution in [3.63, 3.8) is 0 Å². The SMILES string of the molecule is CCCCN(CCCC)CCNC1=CC(=O)c2nccnc2C1=O. The third kappa shape index (κ3) is 4.71. The Morgan fingerprint density at radius 3 is 2.21 bits per heavy atom. The molecule has 0 bridgehead atoms. The maximum atomic E-state index is 12.4. The first-order chi connectivity index (χ1) is 11.7. The molecule has 0 spiro atoms. The molecule has 1 heterocycles. The fourth-order valence-electron chi connectivity index (χ4n) is 2.66. The Bertz CT molecular complexity index is 605. The highest BCUT2D eigenvalue weighted by Crippen LogP contribution is 2.15. The van der Waals surface area contributed by atoms with E-state index in [2.05, 4.69) is 34.0 Å². The molecule has 1 aliphatic carbocycles. The predicted molar refractivity (Wildman–Crippen MR) is 93.0 cm³/mol. The van der Waals surface area contributed by atoms with Crippen molar-refractivity contribution < 1.29 is 9.59 Å². The summed E-state index contributed by atoms with van der Waals surface area (Å²) in [6.07, 6.45) is 8.88. The van der Waals surface area contributed by atoms with Gasteiger partial charge in [-0.25, -0.2) is 9.97 Å². The number of carbonyl (C=O) groups excluding carboxylic acids is 2. The molecule has 0 fully saturated rings. The average molecular weight is 330 g/mol. The van der Waals surface area contributed by atoms with Crippen LogP contribution >= 0.6 is 0 Å². The Labute approximate surface area is 143 Å². The van der Waals surface area contributed by atoms with Gasteiger partial charge in [-0.3, -0.25) is 9.59 Å². The molecule has 0 saturated carbocycles. The lowest BCUT2D eigenvalue weighted by Crippen LogP contribution is -2.36. The maximum Gasteiger partial charge on any atom is 0.229 e. The molecule has 0 amide bonds. The predicted octanol–water partition coefficient (Wildman–Crippen LogP) is 2.23. The minimum atomic E-state index is -0.269. The highest BCUT2D eigenvalue weighted by molar-refractivity contribution is 6.22. The van der Waals surface area contributed by atoms with Gasteiger partial charge >= 0.3 is 0 Å². The molecule has 6 nitrogen and oxygen atoms in total. The number of ketones is 2. The van der Waals surface area contributed by atoms with E-state index in [1.54, 1.807) is 0 Å². The second-order valence-electron chi connectivity index (χ2n) is 5.98. The monoisotopic (exact) mass is 330 g/mol. The van der Waals surface area contributed by atoms with E-state index in [-0.39, 0.29) is 23.0 Å². The number of unbranched alkanes of at least 4 members (excludes halogenated alkanes) is 2. The molecule has 0 atom stereocenters. The first-order valence-electron chi connectivity index (χ1n) is 8.75. The van der Waals surface area contributed by atoms with E-state index in [0.717, 1.165) is 19.6 Å². The zero-order valence-electron chi connectivity index (χ0n) is 14.5. The fourth-order valence-corrected chi connectivity index (χ4v) is 2.66. The van der Waals surface area contributed by atoms with Crippen LogP contribution in [0.2, 0.25) is 0 Å². The van der Waals surface area contributed by atoms with Crippen LogP contribution in [0.25, 0.3) is 0 Å². The zero-order valence-corrected chi connectivity index (χ0v) is 14.5. The molecule has 24 heavy (non-hydrogen) atoms. The molecule has 0 radical (unpaired) electrons. The Balaban J connectivity index is 1.91. The Morgan fingerprint density at radius 2 is 1.58 bits per heavy atom. The smallest absolute Gasteiger partial charge is 0.229 e. The van der Waals surface area contributed by atoms with E-state index in [1.807, 2.05) is 0 Å². The van der Waals surface area contributed by atoms with E-state index >= 15 is 0 Å². The van der Waals surface area contributed by atoms with Gasteiger partial charge in [-0.05, 0) is 25.9 Å². The number of nitrogens with one attached hydrogen (secondary N) is 1. The summed E-state index contributed by atoms with van der Waals surface area (Å²) >= 11 is 0. The normalized spacial score (nSPS) is 13.9. The summed E-state index contributed by atoms with van der Waals surface area (Å²) in [5.41, 5.74) is 0.598. The number of Topliss-reactive ketones (excluding diaryl/α,β-unsaturated/α-hetero) is 1. The quantitative estimate of drug-likeness (QED) is 0.709. The van der Waals surface area contributed by atoms with Gasteiger partial charge in [0.1, 0.15) is 11.4 Å². The van der Waals surface area contributed by atoms with Crippen LogP contribution < -0.4 is 5.32 Å². The number of rotatable bonds is 10. The second-order valence-corrected chi connectivity index (χ2v) is 5.98. The summed E-state index contributed by atoms with van der Waals surface area (Å²) < 4.78 is 0. The highest BCUT2D eigenvalue weighted by atomic mass is 16.1. The lowest BCUT2D eigenvalue weighted by atomic mass is 10.0. The minimum Gasteiger partial charge on any atom is -0.380 e. The van der Waals surface area contributed by atoms with Gasteiger partial charge in [0.15, 0.2) is 0 Å². The lowest BCUT2D eigenvalue weighted by molar-refractivity contribution is 0.0970. The van der Waals surface area contributed by atoms with Crippen molar-refractivity contribution in [2.75, 3.05) is 26.2 Å². The second kappa shape index (κ2) is 9.27. The molecule has 1 N–H and O–H groups in total. The molecule has 0 unspecified atom stereocenters. The Hall–Kier alpha value is -2.08. The fraction of sp³-hybridized carbons (Fsp3) is 0.556. The maximum absolute atomic E-state index is 12.4. The Kier molecular flexibility index (Phi) is 7.06. The third-order valence-corrected chi connectivity index (χ3v) is 4.07. The number of allylic oxidation sites excluding steroid dienone is 2. The van der Waals surface area contributed by atoms with Gasteiger partial charge in [0.05, 0.1) is 5.70 Å². The standard InChI is InChI=1S/C18H26N4O2/c1-3-5-10-22(11-6-4-2)12-9-19-14-13-15(23)16-17(18(14)24)21-8-7-20-16/h7-8,13,19H,3-6,9-12H2,1-2H3. The van der Waals surface area contributed by atoms with Crippen LogP contribution in [0.5, 0.6) is 0 Å². The van der Waals surface area contributed by atoms with Gasteiger partial charge in [-0.1, -0.05) is 26.7 Å². The van der Waals surface area contributed by atoms with Crippen LogP contribution in [-0.2, 0) is 0 Å². The van der Waals surface area contributed by atoms with Gasteiger partial charge < -0.3 is 10.2 Å². The summed E-state index contributed by atoms with van der Waals surface area (Å²) in [6, 6.07) is 0. The number of fused-ring (bicyclic) bond motifs is 1. The van der Waals surface area contributed by atoms with Crippen molar-refractivity contribution in [1.82, 2.24) is 20.2 Å². The molecular formula is C18H26N4O2. The number of hydrogen-bond donors (Lipinski definition) is 1. The summed E-state index contributed by atoms with van der Waals surface area (Å²) in [4.78, 5) is 34.8. The first-order valence-corrected chi connectivity index (χ1v) is 8.75. The zero-order chi connectivity index (χ0) is 17.4. The van der Waals surface area contributed by atoms with Crippen LogP contribution in [0.3, 0.4) is 0 Å². The van der Waals surface area contributed by atoms with E-state index in [1.165, 1.54) is 44.2 Å². The van der Waals surface area contributed by atoms with Crippen molar-refractivity contribution in [3.05, 3.63) is 35.6 Å². The van der Waals surface area contributed by atoms with E-state index in [4.69, 9.17) is 0 Å². The lowest BCUT2D eigenvalue weighted by Gasteiger charge is -2.23. The molecule has 0 aliphatic heterocycles. The minimum absolute atomic E-state index is 0.139. The molecule has 1 aromatic heterocycles. The van der Waals surface area contributed by atoms with Crippen LogP contribution in [0, 0.1) is 0 Å². The van der Waals surface area contributed by atoms with Crippen molar-refractivity contribution in [1.29, 1.82) is 0 Å². The van der Waals surface area contributed by atoms with E-state index in [9.17, 15) is 9.59 Å². The van der Waals surface area contributed by atoms with Gasteiger partial charge in [-0.15, -0.1) is 0 Å².